The summed E-state index contributed by atoms with van der Waals surface area (Å²) in [5.41, 5.74) is 6.71. The van der Waals surface area contributed by atoms with Crippen LogP contribution in [0.4, 0.5) is 24.5 Å². The number of hydrogen-bond acceptors (Lipinski definition) is 3. The molecule has 1 atom stereocenters. The third kappa shape index (κ3) is 2.25. The van der Waals surface area contributed by atoms with Crippen LogP contribution < -0.4 is 15.5 Å². The molecule has 0 spiro atoms. The minimum Gasteiger partial charge on any atom is -0.371 e. The van der Waals surface area contributed by atoms with Gasteiger partial charge in [0, 0.05) is 26.7 Å². The third-order valence-electron chi connectivity index (χ3n) is 3.26. The van der Waals surface area contributed by atoms with Gasteiger partial charge in [-0.15, -0.1) is 0 Å². The van der Waals surface area contributed by atoms with Gasteiger partial charge in [0.15, 0.2) is 0 Å². The smallest absolute Gasteiger partial charge is 0.371 e. The van der Waals surface area contributed by atoms with E-state index in [2.05, 4.69) is 0 Å². The Bertz CT molecular complexity index is 419. The molecule has 1 aliphatic rings. The molecule has 3 nitrogen and oxygen atoms in total. The Balaban J connectivity index is 2.39. The fraction of sp³-hybridized carbons (Fsp3) is 0.500. The van der Waals surface area contributed by atoms with Gasteiger partial charge in [-0.3, -0.25) is 0 Å². The molecule has 0 radical (unpaired) electrons. The number of hydrogen-bond donors (Lipinski definition) is 1. The molecule has 0 fully saturated rings. The monoisotopic (exact) mass is 259 g/mol. The number of rotatable bonds is 2. The molecule has 2 rings (SSSR count). The van der Waals surface area contributed by atoms with Crippen LogP contribution in [0.15, 0.2) is 24.3 Å². The Hall–Kier alpha value is -1.43. The summed E-state index contributed by atoms with van der Waals surface area (Å²) >= 11 is 0. The maximum absolute atomic E-state index is 13.0. The SMILES string of the molecule is CN1CCN(C(CN)C(F)(F)F)c2ccccc21. The van der Waals surface area contributed by atoms with Crippen molar-refractivity contribution >= 4 is 11.4 Å². The number of likely N-dealkylation sites (N-methyl/N-ethyl adjacent to an activating group) is 1. The second-order valence-electron chi connectivity index (χ2n) is 4.40. The van der Waals surface area contributed by atoms with Gasteiger partial charge in [-0.25, -0.2) is 0 Å². The summed E-state index contributed by atoms with van der Waals surface area (Å²) in [4.78, 5) is 3.31. The number of halogens is 3. The van der Waals surface area contributed by atoms with E-state index in [1.54, 1.807) is 12.1 Å². The Morgan fingerprint density at radius 1 is 1.22 bits per heavy atom. The Morgan fingerprint density at radius 2 is 1.83 bits per heavy atom. The Kier molecular flexibility index (Phi) is 3.38. The summed E-state index contributed by atoms with van der Waals surface area (Å²) in [5.74, 6) is 0. The van der Waals surface area contributed by atoms with Crippen LogP contribution in [0.3, 0.4) is 0 Å². The molecule has 0 saturated heterocycles. The van der Waals surface area contributed by atoms with Gasteiger partial charge in [-0.05, 0) is 12.1 Å². The van der Waals surface area contributed by atoms with Crippen LogP contribution in [-0.2, 0) is 0 Å². The van der Waals surface area contributed by atoms with Gasteiger partial charge in [0.1, 0.15) is 6.04 Å². The number of para-hydroxylation sites is 2. The van der Waals surface area contributed by atoms with E-state index in [0.717, 1.165) is 5.69 Å². The molecular formula is C12H16F3N3. The van der Waals surface area contributed by atoms with Crippen molar-refractivity contribution in [1.29, 1.82) is 0 Å². The number of anilines is 2. The number of nitrogens with zero attached hydrogens (tertiary/aromatic N) is 2. The predicted octanol–water partition coefficient (Wildman–Crippen LogP) is 1.83. The topological polar surface area (TPSA) is 32.5 Å². The van der Waals surface area contributed by atoms with Gasteiger partial charge in [-0.2, -0.15) is 13.2 Å². The standard InChI is InChI=1S/C12H16F3N3/c1-17-6-7-18(11(8-16)12(13,14)15)10-5-3-2-4-9(10)17/h2-5,11H,6-8,16H2,1H3. The van der Waals surface area contributed by atoms with Gasteiger partial charge in [-0.1, -0.05) is 12.1 Å². The minimum atomic E-state index is -4.31. The van der Waals surface area contributed by atoms with Crippen molar-refractivity contribution in [1.82, 2.24) is 0 Å². The lowest BCUT2D eigenvalue weighted by molar-refractivity contribution is -0.146. The van der Waals surface area contributed by atoms with Crippen molar-refractivity contribution in [2.24, 2.45) is 5.73 Å². The van der Waals surface area contributed by atoms with Gasteiger partial charge >= 0.3 is 6.18 Å². The van der Waals surface area contributed by atoms with Crippen molar-refractivity contribution in [3.8, 4) is 0 Å². The van der Waals surface area contributed by atoms with E-state index in [9.17, 15) is 13.2 Å². The molecule has 0 aliphatic carbocycles. The fourth-order valence-corrected chi connectivity index (χ4v) is 2.29. The molecule has 1 heterocycles. The second kappa shape index (κ2) is 4.68. The Morgan fingerprint density at radius 3 is 2.39 bits per heavy atom. The van der Waals surface area contributed by atoms with Crippen LogP contribution >= 0.6 is 0 Å². The summed E-state index contributed by atoms with van der Waals surface area (Å²) in [6.45, 7) is 0.458. The number of nitrogens with two attached hydrogens (primary N) is 1. The van der Waals surface area contributed by atoms with E-state index in [1.807, 2.05) is 24.1 Å². The van der Waals surface area contributed by atoms with Gasteiger partial charge in [0.2, 0.25) is 0 Å². The molecule has 0 aromatic heterocycles. The van der Waals surface area contributed by atoms with Crippen LogP contribution in [0.5, 0.6) is 0 Å². The minimum absolute atomic E-state index is 0.328. The third-order valence-corrected chi connectivity index (χ3v) is 3.26. The van der Waals surface area contributed by atoms with E-state index in [0.29, 0.717) is 18.8 Å². The number of alkyl halides is 3. The molecule has 1 unspecified atom stereocenters. The highest BCUT2D eigenvalue weighted by molar-refractivity contribution is 5.73. The van der Waals surface area contributed by atoms with Crippen molar-refractivity contribution in [2.75, 3.05) is 36.5 Å². The zero-order valence-corrected chi connectivity index (χ0v) is 10.1. The highest BCUT2D eigenvalue weighted by Gasteiger charge is 2.44. The first kappa shape index (κ1) is 13.0. The first-order valence-corrected chi connectivity index (χ1v) is 5.78. The van der Waals surface area contributed by atoms with Gasteiger partial charge < -0.3 is 15.5 Å². The van der Waals surface area contributed by atoms with Crippen LogP contribution in [0, 0.1) is 0 Å². The molecule has 2 N–H and O–H groups in total. The number of benzene rings is 1. The zero-order valence-electron chi connectivity index (χ0n) is 10.1. The van der Waals surface area contributed by atoms with Crippen LogP contribution in [0.25, 0.3) is 0 Å². The van der Waals surface area contributed by atoms with E-state index in [1.165, 1.54) is 4.90 Å². The maximum atomic E-state index is 13.0. The average molecular weight is 259 g/mol. The molecule has 1 aromatic rings. The highest BCUT2D eigenvalue weighted by atomic mass is 19.4. The summed E-state index contributed by atoms with van der Waals surface area (Å²) < 4.78 is 38.9. The van der Waals surface area contributed by atoms with E-state index < -0.39 is 18.8 Å². The molecule has 1 aromatic carbocycles. The zero-order chi connectivity index (χ0) is 13.3. The average Bonchev–Trinajstić information content (AvgIpc) is 2.32. The molecule has 0 amide bonds. The summed E-state index contributed by atoms with van der Waals surface area (Å²) in [5, 5.41) is 0. The predicted molar refractivity (Wildman–Crippen MR) is 66.0 cm³/mol. The second-order valence-corrected chi connectivity index (χ2v) is 4.40. The number of fused-ring (bicyclic) bond motifs is 1. The summed E-state index contributed by atoms with van der Waals surface area (Å²) in [7, 11) is 1.88. The first-order valence-electron chi connectivity index (χ1n) is 5.78. The fourth-order valence-electron chi connectivity index (χ4n) is 2.29. The maximum Gasteiger partial charge on any atom is 0.409 e. The largest absolute Gasteiger partial charge is 0.409 e. The summed E-state index contributed by atoms with van der Waals surface area (Å²) in [6.07, 6.45) is -4.31. The van der Waals surface area contributed by atoms with Crippen molar-refractivity contribution in [2.45, 2.75) is 12.2 Å². The molecule has 18 heavy (non-hydrogen) atoms. The molecular weight excluding hydrogens is 243 g/mol. The van der Waals surface area contributed by atoms with Gasteiger partial charge in [0.25, 0.3) is 0 Å². The highest BCUT2D eigenvalue weighted by Crippen LogP contribution is 2.36. The van der Waals surface area contributed by atoms with Crippen LogP contribution in [-0.4, -0.2) is 38.9 Å². The van der Waals surface area contributed by atoms with Crippen molar-refractivity contribution < 1.29 is 13.2 Å². The van der Waals surface area contributed by atoms with Crippen molar-refractivity contribution in [3.05, 3.63) is 24.3 Å². The molecule has 1 aliphatic heterocycles. The quantitative estimate of drug-likeness (QED) is 0.879. The lowest BCUT2D eigenvalue weighted by Crippen LogP contribution is -2.54. The lowest BCUT2D eigenvalue weighted by atomic mass is 10.1. The van der Waals surface area contributed by atoms with Gasteiger partial charge in [0.05, 0.1) is 11.4 Å². The molecule has 0 bridgehead atoms. The van der Waals surface area contributed by atoms with E-state index >= 15 is 0 Å². The molecule has 100 valence electrons. The Labute approximate surface area is 104 Å². The normalized spacial score (nSPS) is 17.6. The van der Waals surface area contributed by atoms with Crippen LogP contribution in [0.2, 0.25) is 0 Å². The van der Waals surface area contributed by atoms with Crippen LogP contribution in [0.1, 0.15) is 0 Å². The van der Waals surface area contributed by atoms with E-state index in [4.69, 9.17) is 5.73 Å². The molecule has 0 saturated carbocycles. The molecule has 6 heteroatoms. The summed E-state index contributed by atoms with van der Waals surface area (Å²) in [6, 6.07) is 5.48. The van der Waals surface area contributed by atoms with Crippen molar-refractivity contribution in [3.63, 3.8) is 0 Å². The lowest BCUT2D eigenvalue weighted by Gasteiger charge is -2.41. The first-order chi connectivity index (χ1) is 8.45. The van der Waals surface area contributed by atoms with E-state index in [-0.39, 0.29) is 0 Å².